The SMILES string of the molecule is CCOC(=O)C1CCN(c2ccc(N)cc2OC)CC1. The molecule has 1 aromatic carbocycles. The highest BCUT2D eigenvalue weighted by molar-refractivity contribution is 5.73. The minimum Gasteiger partial charge on any atom is -0.495 e. The number of carbonyl (C=O) groups excluding carboxylic acids is 1. The van der Waals surface area contributed by atoms with E-state index in [1.165, 1.54) is 0 Å². The van der Waals surface area contributed by atoms with Crippen molar-refractivity contribution in [1.29, 1.82) is 0 Å². The van der Waals surface area contributed by atoms with E-state index in [4.69, 9.17) is 15.2 Å². The molecule has 2 rings (SSSR count). The van der Waals surface area contributed by atoms with Crippen molar-refractivity contribution in [3.05, 3.63) is 18.2 Å². The molecule has 2 N–H and O–H groups in total. The van der Waals surface area contributed by atoms with Crippen LogP contribution in [0.3, 0.4) is 0 Å². The number of anilines is 2. The lowest BCUT2D eigenvalue weighted by Crippen LogP contribution is -2.37. The molecule has 20 heavy (non-hydrogen) atoms. The Labute approximate surface area is 119 Å². The van der Waals surface area contributed by atoms with Gasteiger partial charge < -0.3 is 20.1 Å². The van der Waals surface area contributed by atoms with Crippen molar-refractivity contribution in [3.63, 3.8) is 0 Å². The van der Waals surface area contributed by atoms with Crippen LogP contribution < -0.4 is 15.4 Å². The summed E-state index contributed by atoms with van der Waals surface area (Å²) >= 11 is 0. The number of nitrogens with zero attached hydrogens (tertiary/aromatic N) is 1. The number of esters is 1. The molecule has 0 spiro atoms. The molecule has 1 aliphatic rings. The Kier molecular flexibility index (Phi) is 4.71. The first-order chi connectivity index (χ1) is 9.65. The minimum atomic E-state index is -0.0728. The Morgan fingerprint density at radius 1 is 1.40 bits per heavy atom. The van der Waals surface area contributed by atoms with E-state index in [0.29, 0.717) is 12.3 Å². The predicted molar refractivity (Wildman–Crippen MR) is 79.0 cm³/mol. The number of ether oxygens (including phenoxy) is 2. The molecule has 0 saturated carbocycles. The first kappa shape index (κ1) is 14.5. The van der Waals surface area contributed by atoms with E-state index in [9.17, 15) is 4.79 Å². The summed E-state index contributed by atoms with van der Waals surface area (Å²) in [6.07, 6.45) is 1.62. The summed E-state index contributed by atoms with van der Waals surface area (Å²) in [6.45, 7) is 3.94. The lowest BCUT2D eigenvalue weighted by Gasteiger charge is -2.33. The van der Waals surface area contributed by atoms with Crippen LogP contribution in [-0.2, 0) is 9.53 Å². The number of rotatable bonds is 4. The number of hydrogen-bond acceptors (Lipinski definition) is 5. The molecule has 0 unspecified atom stereocenters. The van der Waals surface area contributed by atoms with Crippen LogP contribution >= 0.6 is 0 Å². The molecule has 1 saturated heterocycles. The molecule has 1 fully saturated rings. The van der Waals surface area contributed by atoms with Gasteiger partial charge in [0.05, 0.1) is 25.3 Å². The summed E-state index contributed by atoms with van der Waals surface area (Å²) in [5.41, 5.74) is 7.49. The Bertz CT molecular complexity index is 468. The summed E-state index contributed by atoms with van der Waals surface area (Å²) in [5, 5.41) is 0. The van der Waals surface area contributed by atoms with Crippen molar-refractivity contribution in [2.24, 2.45) is 5.92 Å². The molecule has 0 atom stereocenters. The van der Waals surface area contributed by atoms with Crippen LogP contribution in [-0.4, -0.2) is 32.8 Å². The van der Waals surface area contributed by atoms with Crippen molar-refractivity contribution < 1.29 is 14.3 Å². The van der Waals surface area contributed by atoms with Crippen molar-refractivity contribution in [3.8, 4) is 5.75 Å². The van der Waals surface area contributed by atoms with Gasteiger partial charge in [0.15, 0.2) is 0 Å². The van der Waals surface area contributed by atoms with Gasteiger partial charge in [-0.3, -0.25) is 4.79 Å². The van der Waals surface area contributed by atoms with Gasteiger partial charge >= 0.3 is 5.97 Å². The van der Waals surface area contributed by atoms with Crippen LogP contribution in [0.1, 0.15) is 19.8 Å². The number of hydrogen-bond donors (Lipinski definition) is 1. The quantitative estimate of drug-likeness (QED) is 0.674. The maximum Gasteiger partial charge on any atom is 0.309 e. The first-order valence-corrected chi connectivity index (χ1v) is 7.00. The number of methoxy groups -OCH3 is 1. The van der Waals surface area contributed by atoms with Crippen LogP contribution in [0.4, 0.5) is 11.4 Å². The van der Waals surface area contributed by atoms with Gasteiger partial charge in [-0.25, -0.2) is 0 Å². The van der Waals surface area contributed by atoms with Crippen molar-refractivity contribution in [2.45, 2.75) is 19.8 Å². The summed E-state index contributed by atoms with van der Waals surface area (Å²) < 4.78 is 10.5. The molecule has 0 aromatic heterocycles. The third kappa shape index (κ3) is 3.15. The van der Waals surface area contributed by atoms with E-state index in [-0.39, 0.29) is 11.9 Å². The van der Waals surface area contributed by atoms with Gasteiger partial charge in [-0.1, -0.05) is 0 Å². The number of carbonyl (C=O) groups is 1. The summed E-state index contributed by atoms with van der Waals surface area (Å²) in [6, 6.07) is 5.67. The topological polar surface area (TPSA) is 64.8 Å². The van der Waals surface area contributed by atoms with Gasteiger partial charge in [0.25, 0.3) is 0 Å². The summed E-state index contributed by atoms with van der Waals surface area (Å²) in [5.74, 6) is 0.724. The van der Waals surface area contributed by atoms with E-state index in [0.717, 1.165) is 37.4 Å². The van der Waals surface area contributed by atoms with Gasteiger partial charge in [-0.2, -0.15) is 0 Å². The maximum atomic E-state index is 11.7. The number of benzene rings is 1. The molecule has 0 radical (unpaired) electrons. The second-order valence-electron chi connectivity index (χ2n) is 4.94. The fourth-order valence-electron chi connectivity index (χ4n) is 2.57. The lowest BCUT2D eigenvalue weighted by atomic mass is 9.96. The number of piperidine rings is 1. The number of nitrogens with two attached hydrogens (primary N) is 1. The third-order valence-corrected chi connectivity index (χ3v) is 3.66. The Hall–Kier alpha value is -1.91. The molecule has 1 heterocycles. The highest BCUT2D eigenvalue weighted by Crippen LogP contribution is 2.33. The standard InChI is InChI=1S/C15H22N2O3/c1-3-20-15(18)11-6-8-17(9-7-11)13-5-4-12(16)10-14(13)19-2/h4-5,10-11H,3,6-9,16H2,1-2H3. The van der Waals surface area contributed by atoms with Gasteiger partial charge in [-0.15, -0.1) is 0 Å². The van der Waals surface area contributed by atoms with Gasteiger partial charge in [-0.05, 0) is 31.9 Å². The fraction of sp³-hybridized carbons (Fsp3) is 0.533. The highest BCUT2D eigenvalue weighted by Gasteiger charge is 2.27. The van der Waals surface area contributed by atoms with Crippen molar-refractivity contribution in [1.82, 2.24) is 0 Å². The second kappa shape index (κ2) is 6.50. The van der Waals surface area contributed by atoms with Crippen molar-refractivity contribution in [2.75, 3.05) is 37.4 Å². The largest absolute Gasteiger partial charge is 0.495 e. The normalized spacial score (nSPS) is 16.0. The fourth-order valence-corrected chi connectivity index (χ4v) is 2.57. The Morgan fingerprint density at radius 3 is 2.70 bits per heavy atom. The molecule has 5 nitrogen and oxygen atoms in total. The van der Waals surface area contributed by atoms with E-state index in [1.54, 1.807) is 7.11 Å². The molecular weight excluding hydrogens is 256 g/mol. The zero-order valence-electron chi connectivity index (χ0n) is 12.1. The van der Waals surface area contributed by atoms with Gasteiger partial charge in [0.1, 0.15) is 5.75 Å². The van der Waals surface area contributed by atoms with Crippen LogP contribution in [0.5, 0.6) is 5.75 Å². The zero-order chi connectivity index (χ0) is 14.5. The van der Waals surface area contributed by atoms with Crippen LogP contribution in [0.25, 0.3) is 0 Å². The zero-order valence-corrected chi connectivity index (χ0v) is 12.1. The average Bonchev–Trinajstić information content (AvgIpc) is 2.47. The van der Waals surface area contributed by atoms with E-state index < -0.39 is 0 Å². The monoisotopic (exact) mass is 278 g/mol. The molecule has 1 aliphatic heterocycles. The molecule has 0 amide bonds. The first-order valence-electron chi connectivity index (χ1n) is 7.00. The highest BCUT2D eigenvalue weighted by atomic mass is 16.5. The van der Waals surface area contributed by atoms with Crippen LogP contribution in [0.2, 0.25) is 0 Å². The molecule has 0 aliphatic carbocycles. The molecule has 5 heteroatoms. The third-order valence-electron chi connectivity index (χ3n) is 3.66. The van der Waals surface area contributed by atoms with Crippen LogP contribution in [0.15, 0.2) is 18.2 Å². The second-order valence-corrected chi connectivity index (χ2v) is 4.94. The van der Waals surface area contributed by atoms with Crippen molar-refractivity contribution >= 4 is 17.3 Å². The average molecular weight is 278 g/mol. The smallest absolute Gasteiger partial charge is 0.309 e. The molecule has 1 aromatic rings. The lowest BCUT2D eigenvalue weighted by molar-refractivity contribution is -0.148. The van der Waals surface area contributed by atoms with E-state index in [2.05, 4.69) is 4.90 Å². The van der Waals surface area contributed by atoms with Crippen LogP contribution in [0, 0.1) is 5.92 Å². The van der Waals surface area contributed by atoms with E-state index >= 15 is 0 Å². The predicted octanol–water partition coefficient (Wildman–Crippen LogP) is 2.06. The minimum absolute atomic E-state index is 0.0194. The molecule has 110 valence electrons. The summed E-state index contributed by atoms with van der Waals surface area (Å²) in [7, 11) is 1.64. The molecular formula is C15H22N2O3. The number of nitrogen functional groups attached to an aromatic ring is 1. The summed E-state index contributed by atoms with van der Waals surface area (Å²) in [4.78, 5) is 14.0. The van der Waals surface area contributed by atoms with Gasteiger partial charge in [0, 0.05) is 24.8 Å². The Morgan fingerprint density at radius 2 is 2.10 bits per heavy atom. The molecule has 0 bridgehead atoms. The van der Waals surface area contributed by atoms with E-state index in [1.807, 2.05) is 25.1 Å². The van der Waals surface area contributed by atoms with Gasteiger partial charge in [0.2, 0.25) is 0 Å². The Balaban J connectivity index is 2.02. The maximum absolute atomic E-state index is 11.7.